The minimum atomic E-state index is -1.10. The first-order chi connectivity index (χ1) is 9.06. The summed E-state index contributed by atoms with van der Waals surface area (Å²) in [7, 11) is 0. The zero-order chi connectivity index (χ0) is 14.3. The van der Waals surface area contributed by atoms with Crippen LogP contribution in [0.25, 0.3) is 0 Å². The van der Waals surface area contributed by atoms with Crippen LogP contribution in [0.3, 0.4) is 0 Å². The lowest BCUT2D eigenvalue weighted by Gasteiger charge is -2.36. The van der Waals surface area contributed by atoms with Gasteiger partial charge in [0.25, 0.3) is 0 Å². The molecule has 0 aliphatic carbocycles. The first kappa shape index (κ1) is 16.9. The Balaban J connectivity index is 2.19. The molecule has 0 aromatic carbocycles. The fourth-order valence-electron chi connectivity index (χ4n) is 2.41. The molecule has 0 saturated carbocycles. The molecule has 5 nitrogen and oxygen atoms in total. The lowest BCUT2D eigenvalue weighted by Crippen LogP contribution is -2.54. The molecular weight excluding hydrogens is 246 g/mol. The van der Waals surface area contributed by atoms with Gasteiger partial charge in [-0.15, -0.1) is 0 Å². The van der Waals surface area contributed by atoms with Crippen LogP contribution < -0.4 is 5.32 Å². The molecule has 0 aromatic rings. The van der Waals surface area contributed by atoms with Crippen LogP contribution in [0, 0.1) is 0 Å². The number of ether oxygens (including phenoxy) is 1. The van der Waals surface area contributed by atoms with E-state index in [9.17, 15) is 15.3 Å². The average Bonchev–Trinajstić information content (AvgIpc) is 2.39. The van der Waals surface area contributed by atoms with Crippen molar-refractivity contribution in [3.8, 4) is 0 Å². The number of rotatable bonds is 8. The summed E-state index contributed by atoms with van der Waals surface area (Å²) >= 11 is 0. The normalized spacial score (nSPS) is 33.3. The summed E-state index contributed by atoms with van der Waals surface area (Å²) in [4.78, 5) is 0. The Kier molecular flexibility index (Phi) is 7.87. The van der Waals surface area contributed by atoms with Crippen molar-refractivity contribution in [1.82, 2.24) is 5.32 Å². The summed E-state index contributed by atoms with van der Waals surface area (Å²) < 4.78 is 5.39. The first-order valence-corrected chi connectivity index (χ1v) is 7.45. The molecule has 0 amide bonds. The molecular formula is C14H29NO4. The molecule has 114 valence electrons. The molecule has 5 unspecified atom stereocenters. The van der Waals surface area contributed by atoms with E-state index in [0.29, 0.717) is 6.42 Å². The standard InChI is InChI=1S/C14H29NO4/c1-3-4-5-6-7-15-10(2)8-12-14(18)13(17)11(16)9-19-12/h10-18H,3-9H2,1-2H3. The second kappa shape index (κ2) is 8.87. The van der Waals surface area contributed by atoms with E-state index in [4.69, 9.17) is 4.74 Å². The predicted molar refractivity (Wildman–Crippen MR) is 74.0 cm³/mol. The summed E-state index contributed by atoms with van der Waals surface area (Å²) in [6, 6.07) is 0.226. The zero-order valence-electron chi connectivity index (χ0n) is 12.1. The summed E-state index contributed by atoms with van der Waals surface area (Å²) in [6.45, 7) is 5.30. The average molecular weight is 275 g/mol. The van der Waals surface area contributed by atoms with Crippen molar-refractivity contribution in [2.75, 3.05) is 13.2 Å². The van der Waals surface area contributed by atoms with Gasteiger partial charge in [-0.25, -0.2) is 0 Å². The predicted octanol–water partition coefficient (Wildman–Crippen LogP) is 0.416. The summed E-state index contributed by atoms with van der Waals surface area (Å²) in [5.74, 6) is 0. The number of unbranched alkanes of at least 4 members (excludes halogenated alkanes) is 3. The lowest BCUT2D eigenvalue weighted by atomic mass is 9.95. The Morgan fingerprint density at radius 3 is 2.58 bits per heavy atom. The Labute approximate surface area is 116 Å². The molecule has 1 aliphatic rings. The monoisotopic (exact) mass is 275 g/mol. The topological polar surface area (TPSA) is 82.0 Å². The highest BCUT2D eigenvalue weighted by atomic mass is 16.5. The Morgan fingerprint density at radius 1 is 1.16 bits per heavy atom. The minimum absolute atomic E-state index is 0.0894. The number of hydrogen-bond acceptors (Lipinski definition) is 5. The van der Waals surface area contributed by atoms with Gasteiger partial charge in [-0.05, 0) is 26.3 Å². The molecule has 1 fully saturated rings. The van der Waals surface area contributed by atoms with E-state index >= 15 is 0 Å². The van der Waals surface area contributed by atoms with Gasteiger partial charge >= 0.3 is 0 Å². The largest absolute Gasteiger partial charge is 0.388 e. The maximum atomic E-state index is 9.84. The smallest absolute Gasteiger partial charge is 0.111 e. The maximum Gasteiger partial charge on any atom is 0.111 e. The van der Waals surface area contributed by atoms with Crippen LogP contribution >= 0.6 is 0 Å². The summed E-state index contributed by atoms with van der Waals surface area (Å²) in [5.41, 5.74) is 0. The highest BCUT2D eigenvalue weighted by Gasteiger charge is 2.37. The SMILES string of the molecule is CCCCCCNC(C)CC1OCC(O)C(O)C1O. The van der Waals surface area contributed by atoms with Crippen molar-refractivity contribution >= 4 is 0 Å². The van der Waals surface area contributed by atoms with Gasteiger partial charge in [-0.3, -0.25) is 0 Å². The van der Waals surface area contributed by atoms with Crippen molar-refractivity contribution in [2.45, 2.75) is 76.4 Å². The lowest BCUT2D eigenvalue weighted by molar-refractivity contribution is -0.189. The van der Waals surface area contributed by atoms with Gasteiger partial charge in [0.05, 0.1) is 12.7 Å². The van der Waals surface area contributed by atoms with Crippen LogP contribution in [-0.2, 0) is 4.74 Å². The van der Waals surface area contributed by atoms with E-state index in [-0.39, 0.29) is 12.6 Å². The summed E-state index contributed by atoms with van der Waals surface area (Å²) in [6.07, 6.45) is 2.04. The highest BCUT2D eigenvalue weighted by Crippen LogP contribution is 2.19. The molecule has 4 N–H and O–H groups in total. The zero-order valence-corrected chi connectivity index (χ0v) is 12.1. The number of aliphatic hydroxyl groups is 3. The molecule has 19 heavy (non-hydrogen) atoms. The Bertz CT molecular complexity index is 239. The van der Waals surface area contributed by atoms with Crippen molar-refractivity contribution in [2.24, 2.45) is 0 Å². The molecule has 0 spiro atoms. The van der Waals surface area contributed by atoms with Gasteiger partial charge in [0.1, 0.15) is 18.3 Å². The highest BCUT2D eigenvalue weighted by molar-refractivity contribution is 4.88. The molecule has 1 saturated heterocycles. The second-order valence-electron chi connectivity index (χ2n) is 5.57. The van der Waals surface area contributed by atoms with Crippen molar-refractivity contribution in [3.05, 3.63) is 0 Å². The molecule has 1 heterocycles. The van der Waals surface area contributed by atoms with Gasteiger partial charge < -0.3 is 25.4 Å². The molecule has 0 aromatic heterocycles. The van der Waals surface area contributed by atoms with Crippen LogP contribution in [0.15, 0.2) is 0 Å². The van der Waals surface area contributed by atoms with E-state index < -0.39 is 24.4 Å². The maximum absolute atomic E-state index is 9.84. The molecule has 1 rings (SSSR count). The van der Waals surface area contributed by atoms with Crippen molar-refractivity contribution in [3.63, 3.8) is 0 Å². The van der Waals surface area contributed by atoms with E-state index in [1.54, 1.807) is 0 Å². The number of hydrogen-bond donors (Lipinski definition) is 4. The van der Waals surface area contributed by atoms with Gasteiger partial charge in [0.2, 0.25) is 0 Å². The molecule has 5 atom stereocenters. The van der Waals surface area contributed by atoms with Crippen LogP contribution in [0.4, 0.5) is 0 Å². The number of nitrogens with one attached hydrogen (secondary N) is 1. The number of aliphatic hydroxyl groups excluding tert-OH is 3. The van der Waals surface area contributed by atoms with Crippen LogP contribution in [0.5, 0.6) is 0 Å². The van der Waals surface area contributed by atoms with Gasteiger partial charge in [0.15, 0.2) is 0 Å². The van der Waals surface area contributed by atoms with E-state index in [1.807, 2.05) is 6.92 Å². The van der Waals surface area contributed by atoms with E-state index in [0.717, 1.165) is 13.0 Å². The van der Waals surface area contributed by atoms with Crippen LogP contribution in [0.1, 0.15) is 46.0 Å². The third-order valence-electron chi connectivity index (χ3n) is 3.72. The quantitative estimate of drug-likeness (QED) is 0.483. The van der Waals surface area contributed by atoms with Crippen LogP contribution in [-0.4, -0.2) is 58.9 Å². The summed E-state index contributed by atoms with van der Waals surface area (Å²) in [5, 5.41) is 32.2. The van der Waals surface area contributed by atoms with E-state index in [1.165, 1.54) is 19.3 Å². The second-order valence-corrected chi connectivity index (χ2v) is 5.57. The van der Waals surface area contributed by atoms with Gasteiger partial charge in [-0.2, -0.15) is 0 Å². The third kappa shape index (κ3) is 5.75. The van der Waals surface area contributed by atoms with Gasteiger partial charge in [-0.1, -0.05) is 26.2 Å². The fourth-order valence-corrected chi connectivity index (χ4v) is 2.41. The minimum Gasteiger partial charge on any atom is -0.388 e. The Morgan fingerprint density at radius 2 is 1.89 bits per heavy atom. The Hall–Kier alpha value is -0.200. The third-order valence-corrected chi connectivity index (χ3v) is 3.72. The molecule has 0 radical (unpaired) electrons. The fraction of sp³-hybridized carbons (Fsp3) is 1.00. The van der Waals surface area contributed by atoms with Crippen molar-refractivity contribution in [1.29, 1.82) is 0 Å². The first-order valence-electron chi connectivity index (χ1n) is 7.45. The van der Waals surface area contributed by atoms with Crippen molar-refractivity contribution < 1.29 is 20.1 Å². The molecule has 5 heteroatoms. The van der Waals surface area contributed by atoms with Gasteiger partial charge in [0, 0.05) is 6.04 Å². The molecule has 1 aliphatic heterocycles. The van der Waals surface area contributed by atoms with Crippen LogP contribution in [0.2, 0.25) is 0 Å². The molecule has 0 bridgehead atoms. The van der Waals surface area contributed by atoms with E-state index in [2.05, 4.69) is 12.2 Å².